The summed E-state index contributed by atoms with van der Waals surface area (Å²) in [5.41, 5.74) is 0.875. The van der Waals surface area contributed by atoms with Crippen molar-refractivity contribution in [1.29, 1.82) is 0 Å². The van der Waals surface area contributed by atoms with E-state index in [0.29, 0.717) is 33.7 Å². The fraction of sp³-hybridized carbons (Fsp3) is 0.292. The maximum absolute atomic E-state index is 15.2. The van der Waals surface area contributed by atoms with Crippen LogP contribution in [0.25, 0.3) is 33.5 Å². The standard InChI is InChI=1S/C24H23BrFN3O5/c1-24(2,3)34-23(31)29-16(10-12-7-8-14(25)18(26)19(12)29)21-27-15-9-13(22(30)33-6)11-17(32-5)20(15)28(21)4/h7-11H,1-6H3. The second-order valence-electron chi connectivity index (χ2n) is 8.68. The number of nitrogens with zero attached hydrogens (tertiary/aromatic N) is 3. The van der Waals surface area contributed by atoms with Gasteiger partial charge in [-0.1, -0.05) is 6.07 Å². The minimum atomic E-state index is -0.807. The first-order chi connectivity index (χ1) is 16.0. The van der Waals surface area contributed by atoms with Crippen LogP contribution in [0.3, 0.4) is 0 Å². The summed E-state index contributed by atoms with van der Waals surface area (Å²) in [7, 11) is 4.51. The van der Waals surface area contributed by atoms with Gasteiger partial charge in [-0.05, 0) is 61.0 Å². The average molecular weight is 532 g/mol. The minimum Gasteiger partial charge on any atom is -0.494 e. The van der Waals surface area contributed by atoms with E-state index in [1.807, 2.05) is 0 Å². The highest BCUT2D eigenvalue weighted by Crippen LogP contribution is 2.36. The molecular formula is C24H23BrFN3O5. The molecule has 0 unspecified atom stereocenters. The molecule has 4 rings (SSSR count). The fourth-order valence-corrected chi connectivity index (χ4v) is 4.14. The van der Waals surface area contributed by atoms with Crippen molar-refractivity contribution in [2.45, 2.75) is 26.4 Å². The number of ether oxygens (including phenoxy) is 3. The molecule has 0 radical (unpaired) electrons. The van der Waals surface area contributed by atoms with Gasteiger partial charge in [0.15, 0.2) is 11.6 Å². The molecule has 2 aromatic carbocycles. The summed E-state index contributed by atoms with van der Waals surface area (Å²) in [6, 6.07) is 8.07. The van der Waals surface area contributed by atoms with Crippen molar-refractivity contribution >= 4 is 49.9 Å². The largest absolute Gasteiger partial charge is 0.494 e. The molecule has 10 heteroatoms. The van der Waals surface area contributed by atoms with Crippen LogP contribution in [-0.2, 0) is 16.5 Å². The maximum Gasteiger partial charge on any atom is 0.419 e. The molecule has 0 aliphatic heterocycles. The molecule has 0 atom stereocenters. The Kier molecular flexibility index (Phi) is 5.89. The fourth-order valence-electron chi connectivity index (χ4n) is 3.82. The van der Waals surface area contributed by atoms with Crippen molar-refractivity contribution in [2.24, 2.45) is 7.05 Å². The summed E-state index contributed by atoms with van der Waals surface area (Å²) in [5, 5.41) is 0.496. The van der Waals surface area contributed by atoms with Gasteiger partial charge in [-0.3, -0.25) is 0 Å². The van der Waals surface area contributed by atoms with E-state index < -0.39 is 23.5 Å². The monoisotopic (exact) mass is 531 g/mol. The molecule has 0 bridgehead atoms. The average Bonchev–Trinajstić information content (AvgIpc) is 3.32. The van der Waals surface area contributed by atoms with Crippen LogP contribution < -0.4 is 4.74 Å². The lowest BCUT2D eigenvalue weighted by molar-refractivity contribution is 0.0544. The van der Waals surface area contributed by atoms with Crippen LogP contribution in [0.1, 0.15) is 31.1 Å². The third kappa shape index (κ3) is 3.91. The van der Waals surface area contributed by atoms with E-state index in [1.165, 1.54) is 18.8 Å². The number of esters is 1. The van der Waals surface area contributed by atoms with Crippen LogP contribution in [0.2, 0.25) is 0 Å². The zero-order chi connectivity index (χ0) is 24.9. The van der Waals surface area contributed by atoms with Crippen LogP contribution in [0.4, 0.5) is 9.18 Å². The lowest BCUT2D eigenvalue weighted by Gasteiger charge is -2.21. The first-order valence-corrected chi connectivity index (χ1v) is 11.1. The van der Waals surface area contributed by atoms with Crippen LogP contribution >= 0.6 is 15.9 Å². The minimum absolute atomic E-state index is 0.0629. The van der Waals surface area contributed by atoms with Gasteiger partial charge in [0.1, 0.15) is 16.9 Å². The number of carbonyl (C=O) groups excluding carboxylic acids is 2. The molecule has 2 aromatic heterocycles. The van der Waals surface area contributed by atoms with Crippen molar-refractivity contribution < 1.29 is 28.2 Å². The van der Waals surface area contributed by atoms with Crippen LogP contribution in [0.5, 0.6) is 5.75 Å². The normalized spacial score (nSPS) is 11.8. The SMILES string of the molecule is COC(=O)c1cc(OC)c2c(c1)nc(-c1cc3ccc(Br)c(F)c3n1C(=O)OC(C)(C)C)n2C. The summed E-state index contributed by atoms with van der Waals surface area (Å²) in [6.45, 7) is 5.20. The molecule has 0 fully saturated rings. The number of hydrogen-bond donors (Lipinski definition) is 0. The zero-order valence-electron chi connectivity index (χ0n) is 19.5. The number of benzene rings is 2. The van der Waals surface area contributed by atoms with Crippen molar-refractivity contribution in [3.8, 4) is 17.3 Å². The van der Waals surface area contributed by atoms with E-state index in [1.54, 1.807) is 62.7 Å². The maximum atomic E-state index is 15.2. The van der Waals surface area contributed by atoms with Crippen molar-refractivity contribution in [3.05, 3.63) is 46.2 Å². The van der Waals surface area contributed by atoms with Gasteiger partial charge >= 0.3 is 12.1 Å². The van der Waals surface area contributed by atoms with Gasteiger partial charge in [-0.25, -0.2) is 23.5 Å². The molecule has 4 aromatic rings. The molecule has 0 spiro atoms. The van der Waals surface area contributed by atoms with E-state index in [2.05, 4.69) is 20.9 Å². The van der Waals surface area contributed by atoms with Gasteiger partial charge in [0.2, 0.25) is 0 Å². The number of hydrogen-bond acceptors (Lipinski definition) is 6. The number of halogens is 2. The predicted octanol–water partition coefficient (Wildman–Crippen LogP) is 5.68. The van der Waals surface area contributed by atoms with Gasteiger partial charge in [0.25, 0.3) is 0 Å². The van der Waals surface area contributed by atoms with Gasteiger partial charge < -0.3 is 18.8 Å². The number of rotatable bonds is 3. The van der Waals surface area contributed by atoms with Gasteiger partial charge in [-0.2, -0.15) is 0 Å². The van der Waals surface area contributed by atoms with E-state index >= 15 is 4.39 Å². The quantitative estimate of drug-likeness (QED) is 0.316. The molecule has 8 nitrogen and oxygen atoms in total. The second kappa shape index (κ2) is 8.43. The Labute approximate surface area is 203 Å². The van der Waals surface area contributed by atoms with E-state index in [9.17, 15) is 9.59 Å². The molecule has 0 amide bonds. The third-order valence-corrected chi connectivity index (χ3v) is 5.85. The number of methoxy groups -OCH3 is 2. The number of aryl methyl sites for hydroxylation is 1. The molecule has 0 saturated carbocycles. The third-order valence-electron chi connectivity index (χ3n) is 5.24. The molecule has 0 aliphatic carbocycles. The highest BCUT2D eigenvalue weighted by molar-refractivity contribution is 9.10. The van der Waals surface area contributed by atoms with Crippen LogP contribution in [0, 0.1) is 5.82 Å². The Morgan fingerprint density at radius 3 is 2.41 bits per heavy atom. The summed E-state index contributed by atoms with van der Waals surface area (Å²) < 4.78 is 34.2. The second-order valence-corrected chi connectivity index (χ2v) is 9.53. The Morgan fingerprint density at radius 2 is 1.79 bits per heavy atom. The summed E-state index contributed by atoms with van der Waals surface area (Å²) in [4.78, 5) is 30.1. The van der Waals surface area contributed by atoms with Gasteiger partial charge in [0.05, 0.1) is 41.0 Å². The first kappa shape index (κ1) is 23.7. The van der Waals surface area contributed by atoms with Gasteiger partial charge in [-0.15, -0.1) is 0 Å². The molecule has 34 heavy (non-hydrogen) atoms. The lowest BCUT2D eigenvalue weighted by Crippen LogP contribution is -2.27. The van der Waals surface area contributed by atoms with E-state index in [4.69, 9.17) is 14.2 Å². The van der Waals surface area contributed by atoms with Gasteiger partial charge in [0, 0.05) is 12.4 Å². The first-order valence-electron chi connectivity index (χ1n) is 10.3. The van der Waals surface area contributed by atoms with E-state index in [0.717, 1.165) is 0 Å². The van der Waals surface area contributed by atoms with Crippen LogP contribution in [-0.4, -0.2) is 46.0 Å². The molecule has 0 N–H and O–H groups in total. The summed E-state index contributed by atoms with van der Waals surface area (Å²) >= 11 is 3.19. The molecular weight excluding hydrogens is 509 g/mol. The Hall–Kier alpha value is -3.40. The molecule has 0 saturated heterocycles. The number of imidazole rings is 1. The Balaban J connectivity index is 2.05. The summed E-state index contributed by atoms with van der Waals surface area (Å²) in [6.07, 6.45) is -0.747. The number of fused-ring (bicyclic) bond motifs is 2. The molecule has 178 valence electrons. The van der Waals surface area contributed by atoms with Crippen molar-refractivity contribution in [2.75, 3.05) is 14.2 Å². The predicted molar refractivity (Wildman–Crippen MR) is 129 cm³/mol. The summed E-state index contributed by atoms with van der Waals surface area (Å²) in [5.74, 6) is -0.387. The smallest absolute Gasteiger partial charge is 0.419 e. The lowest BCUT2D eigenvalue weighted by atomic mass is 10.2. The van der Waals surface area contributed by atoms with Crippen molar-refractivity contribution in [1.82, 2.24) is 14.1 Å². The molecule has 2 heterocycles. The Bertz CT molecular complexity index is 1470. The zero-order valence-corrected chi connectivity index (χ0v) is 21.1. The van der Waals surface area contributed by atoms with E-state index in [-0.39, 0.29) is 15.6 Å². The van der Waals surface area contributed by atoms with Crippen molar-refractivity contribution in [3.63, 3.8) is 0 Å². The number of carbonyl (C=O) groups is 2. The Morgan fingerprint density at radius 1 is 1.09 bits per heavy atom. The number of aromatic nitrogens is 3. The van der Waals surface area contributed by atoms with Crippen LogP contribution in [0.15, 0.2) is 34.8 Å². The molecule has 0 aliphatic rings. The highest BCUT2D eigenvalue weighted by atomic mass is 79.9. The topological polar surface area (TPSA) is 84.6 Å². The highest BCUT2D eigenvalue weighted by Gasteiger charge is 2.28.